The molecule has 2 aromatic heterocycles. The normalized spacial score (nSPS) is 11.6. The molecule has 0 aliphatic rings. The summed E-state index contributed by atoms with van der Waals surface area (Å²) in [6.45, 7) is 0. The third-order valence-corrected chi connectivity index (χ3v) is 12.3. The van der Waals surface area contributed by atoms with Gasteiger partial charge in [-0.3, -0.25) is 0 Å². The maximum atomic E-state index is 2.43. The number of nitrogens with zero attached hydrogens (tertiary/aromatic N) is 3. The molecule has 12 aromatic rings. The van der Waals surface area contributed by atoms with Crippen LogP contribution in [0.1, 0.15) is 0 Å². The molecule has 0 aliphatic carbocycles. The van der Waals surface area contributed by atoms with Crippen molar-refractivity contribution in [3.05, 3.63) is 237 Å². The van der Waals surface area contributed by atoms with Gasteiger partial charge in [-0.1, -0.05) is 170 Å². The summed E-state index contributed by atoms with van der Waals surface area (Å²) in [5.74, 6) is 0. The summed E-state index contributed by atoms with van der Waals surface area (Å²) in [4.78, 5) is 2.43. The third kappa shape index (κ3) is 5.66. The van der Waals surface area contributed by atoms with Gasteiger partial charge in [-0.2, -0.15) is 0 Å². The number of fused-ring (bicyclic) bond motifs is 7. The van der Waals surface area contributed by atoms with Gasteiger partial charge in [-0.05, 0) is 94.2 Å². The number of benzene rings is 10. The highest BCUT2D eigenvalue weighted by atomic mass is 15.2. The van der Waals surface area contributed by atoms with Crippen molar-refractivity contribution in [2.24, 2.45) is 0 Å². The van der Waals surface area contributed by atoms with Gasteiger partial charge in [0, 0.05) is 44.2 Å². The molecule has 0 fully saturated rings. The van der Waals surface area contributed by atoms with Crippen LogP contribution in [0.4, 0.5) is 17.1 Å². The Bertz CT molecular complexity index is 3530. The average molecular weight is 778 g/mol. The zero-order valence-electron chi connectivity index (χ0n) is 33.4. The lowest BCUT2D eigenvalue weighted by atomic mass is 9.98. The number of aromatic nitrogens is 2. The SMILES string of the molecule is c1ccc(-n2c3ccccc3c3cccc(-c4cccc(N(c5ccc(-c6cccc7ccccc67)cc5)c5ccccc5-n5c6ccccc6c6ccccc65)c4)c32)cc1. The summed E-state index contributed by atoms with van der Waals surface area (Å²) in [5, 5.41) is 7.45. The van der Waals surface area contributed by atoms with Gasteiger partial charge in [0.1, 0.15) is 0 Å². The molecule has 10 aromatic carbocycles. The molecule has 2 heterocycles. The first-order valence-corrected chi connectivity index (χ1v) is 20.9. The van der Waals surface area contributed by atoms with Crippen LogP contribution in [0.5, 0.6) is 0 Å². The smallest absolute Gasteiger partial charge is 0.0702 e. The zero-order chi connectivity index (χ0) is 40.3. The van der Waals surface area contributed by atoms with E-state index in [2.05, 4.69) is 251 Å². The van der Waals surface area contributed by atoms with E-state index in [-0.39, 0.29) is 0 Å². The van der Waals surface area contributed by atoms with Crippen LogP contribution in [0.2, 0.25) is 0 Å². The number of hydrogen-bond acceptors (Lipinski definition) is 1. The lowest BCUT2D eigenvalue weighted by Crippen LogP contribution is -2.13. The Morgan fingerprint density at radius 3 is 1.61 bits per heavy atom. The quantitative estimate of drug-likeness (QED) is 0.157. The van der Waals surface area contributed by atoms with E-state index in [1.54, 1.807) is 0 Å². The predicted molar refractivity (Wildman–Crippen MR) is 258 cm³/mol. The molecule has 0 spiro atoms. The summed E-state index contributed by atoms with van der Waals surface area (Å²) < 4.78 is 4.86. The Morgan fingerprint density at radius 1 is 0.311 bits per heavy atom. The zero-order valence-corrected chi connectivity index (χ0v) is 33.4. The summed E-state index contributed by atoms with van der Waals surface area (Å²) >= 11 is 0. The number of anilines is 3. The summed E-state index contributed by atoms with van der Waals surface area (Å²) in [7, 11) is 0. The fraction of sp³-hybridized carbons (Fsp3) is 0. The summed E-state index contributed by atoms with van der Waals surface area (Å²) in [5.41, 5.74) is 15.0. The fourth-order valence-corrected chi connectivity index (χ4v) is 9.63. The minimum atomic E-state index is 1.07. The van der Waals surface area contributed by atoms with Crippen molar-refractivity contribution < 1.29 is 0 Å². The van der Waals surface area contributed by atoms with Gasteiger partial charge in [0.25, 0.3) is 0 Å². The molecule has 0 amide bonds. The van der Waals surface area contributed by atoms with Gasteiger partial charge in [0.2, 0.25) is 0 Å². The second-order valence-electron chi connectivity index (χ2n) is 15.7. The monoisotopic (exact) mass is 777 g/mol. The van der Waals surface area contributed by atoms with Crippen LogP contribution in [0, 0.1) is 0 Å². The molecule has 0 atom stereocenters. The third-order valence-electron chi connectivity index (χ3n) is 12.3. The van der Waals surface area contributed by atoms with Crippen LogP contribution in [0.25, 0.3) is 88.0 Å². The standard InChI is InChI=1S/C58H39N3/c1-2-20-43(21-3-1)60-53-30-9-8-26-51(53)52-29-16-28-48(58(52)60)42-19-14-22-45(39-42)59(44-37-35-41(36-38-44)47-27-15-18-40-17-4-5-23-46(40)47)56-33-12-13-34-57(56)61-54-31-10-6-24-49(54)50-25-7-11-32-55(50)61/h1-39H. The first-order chi connectivity index (χ1) is 30.3. The van der Waals surface area contributed by atoms with E-state index in [4.69, 9.17) is 0 Å². The van der Waals surface area contributed by atoms with Crippen molar-refractivity contribution in [3.63, 3.8) is 0 Å². The van der Waals surface area contributed by atoms with Gasteiger partial charge < -0.3 is 14.0 Å². The molecule has 286 valence electrons. The van der Waals surface area contributed by atoms with E-state index in [0.717, 1.165) is 34.0 Å². The van der Waals surface area contributed by atoms with Crippen molar-refractivity contribution in [1.29, 1.82) is 0 Å². The number of rotatable bonds is 7. The predicted octanol–water partition coefficient (Wildman–Crippen LogP) is 15.8. The molecule has 0 saturated carbocycles. The van der Waals surface area contributed by atoms with Crippen LogP contribution in [-0.2, 0) is 0 Å². The second kappa shape index (κ2) is 14.3. The molecule has 0 radical (unpaired) electrons. The van der Waals surface area contributed by atoms with Crippen LogP contribution in [0.15, 0.2) is 237 Å². The van der Waals surface area contributed by atoms with Crippen LogP contribution in [-0.4, -0.2) is 9.13 Å². The Balaban J connectivity index is 1.09. The Labute approximate surface area is 354 Å². The van der Waals surface area contributed by atoms with E-state index >= 15 is 0 Å². The summed E-state index contributed by atoms with van der Waals surface area (Å²) in [6.07, 6.45) is 0. The molecular weight excluding hydrogens is 739 g/mol. The molecule has 12 rings (SSSR count). The van der Waals surface area contributed by atoms with Gasteiger partial charge >= 0.3 is 0 Å². The molecular formula is C58H39N3. The van der Waals surface area contributed by atoms with Crippen LogP contribution < -0.4 is 4.90 Å². The van der Waals surface area contributed by atoms with Crippen LogP contribution in [0.3, 0.4) is 0 Å². The van der Waals surface area contributed by atoms with E-state index in [9.17, 15) is 0 Å². The number of hydrogen-bond donors (Lipinski definition) is 0. The highest BCUT2D eigenvalue weighted by Crippen LogP contribution is 2.45. The Kier molecular flexibility index (Phi) is 8.17. The molecule has 0 aliphatic heterocycles. The van der Waals surface area contributed by atoms with E-state index in [1.165, 1.54) is 71.1 Å². The Morgan fingerprint density at radius 2 is 0.852 bits per heavy atom. The van der Waals surface area contributed by atoms with Crippen molar-refractivity contribution in [2.45, 2.75) is 0 Å². The van der Waals surface area contributed by atoms with E-state index < -0.39 is 0 Å². The minimum absolute atomic E-state index is 1.07. The lowest BCUT2D eigenvalue weighted by molar-refractivity contribution is 1.15. The van der Waals surface area contributed by atoms with Gasteiger partial charge in [0.05, 0.1) is 33.4 Å². The molecule has 3 heteroatoms. The van der Waals surface area contributed by atoms with E-state index in [1.807, 2.05) is 0 Å². The maximum absolute atomic E-state index is 2.43. The first-order valence-electron chi connectivity index (χ1n) is 20.9. The fourth-order valence-electron chi connectivity index (χ4n) is 9.63. The van der Waals surface area contributed by atoms with Gasteiger partial charge in [-0.25, -0.2) is 0 Å². The summed E-state index contributed by atoms with van der Waals surface area (Å²) in [6, 6.07) is 86.0. The average Bonchev–Trinajstić information content (AvgIpc) is 3.85. The molecule has 3 nitrogen and oxygen atoms in total. The minimum Gasteiger partial charge on any atom is -0.309 e. The maximum Gasteiger partial charge on any atom is 0.0702 e. The molecule has 0 saturated heterocycles. The number of para-hydroxylation sites is 7. The highest BCUT2D eigenvalue weighted by Gasteiger charge is 2.22. The highest BCUT2D eigenvalue weighted by molar-refractivity contribution is 6.14. The van der Waals surface area contributed by atoms with Crippen molar-refractivity contribution in [2.75, 3.05) is 4.90 Å². The molecule has 0 unspecified atom stereocenters. The van der Waals surface area contributed by atoms with E-state index in [0.29, 0.717) is 0 Å². The lowest BCUT2D eigenvalue weighted by Gasteiger charge is -2.29. The largest absolute Gasteiger partial charge is 0.309 e. The topological polar surface area (TPSA) is 13.1 Å². The Hall–Kier alpha value is -8.14. The van der Waals surface area contributed by atoms with Crippen LogP contribution >= 0.6 is 0 Å². The van der Waals surface area contributed by atoms with Gasteiger partial charge in [-0.15, -0.1) is 0 Å². The molecule has 0 N–H and O–H groups in total. The first kappa shape index (κ1) is 34.9. The van der Waals surface area contributed by atoms with Crippen molar-refractivity contribution >= 4 is 71.4 Å². The van der Waals surface area contributed by atoms with Gasteiger partial charge in [0.15, 0.2) is 0 Å². The van der Waals surface area contributed by atoms with Crippen molar-refractivity contribution in [3.8, 4) is 33.6 Å². The van der Waals surface area contributed by atoms with Crippen molar-refractivity contribution in [1.82, 2.24) is 9.13 Å². The molecule has 61 heavy (non-hydrogen) atoms. The second-order valence-corrected chi connectivity index (χ2v) is 15.7. The molecule has 0 bridgehead atoms.